The van der Waals surface area contributed by atoms with Crippen molar-refractivity contribution in [3.05, 3.63) is 11.7 Å². The number of hydrogen-bond donors (Lipinski definition) is 1. The summed E-state index contributed by atoms with van der Waals surface area (Å²) in [6, 6.07) is 0.146. The molecular formula is C16H27N3O2. The van der Waals surface area contributed by atoms with Crippen LogP contribution in [-0.2, 0) is 10.3 Å². The Hall–Kier alpha value is -0.940. The summed E-state index contributed by atoms with van der Waals surface area (Å²) in [5, 5.41) is 7.82. The molecule has 0 aromatic carbocycles. The van der Waals surface area contributed by atoms with Gasteiger partial charge >= 0.3 is 0 Å². The average molecular weight is 293 g/mol. The first-order chi connectivity index (χ1) is 10.1. The van der Waals surface area contributed by atoms with Gasteiger partial charge in [0.2, 0.25) is 11.7 Å². The van der Waals surface area contributed by atoms with E-state index in [0.717, 1.165) is 31.1 Å². The highest BCUT2D eigenvalue weighted by Crippen LogP contribution is 2.43. The van der Waals surface area contributed by atoms with E-state index in [2.05, 4.69) is 24.3 Å². The molecule has 1 aliphatic carbocycles. The second-order valence-electron chi connectivity index (χ2n) is 7.07. The van der Waals surface area contributed by atoms with Crippen LogP contribution in [0.4, 0.5) is 0 Å². The van der Waals surface area contributed by atoms with Gasteiger partial charge in [-0.3, -0.25) is 0 Å². The Balaban J connectivity index is 1.85. The van der Waals surface area contributed by atoms with Crippen molar-refractivity contribution >= 4 is 0 Å². The molecule has 0 amide bonds. The van der Waals surface area contributed by atoms with Crippen LogP contribution in [0.25, 0.3) is 0 Å². The van der Waals surface area contributed by atoms with Gasteiger partial charge < -0.3 is 14.6 Å². The number of piperidine rings is 1. The molecule has 2 aliphatic rings. The monoisotopic (exact) mass is 293 g/mol. The maximum absolute atomic E-state index is 6.02. The molecule has 21 heavy (non-hydrogen) atoms. The highest BCUT2D eigenvalue weighted by atomic mass is 16.5. The van der Waals surface area contributed by atoms with E-state index in [1.54, 1.807) is 0 Å². The fourth-order valence-corrected chi connectivity index (χ4v) is 3.83. The van der Waals surface area contributed by atoms with Crippen LogP contribution in [0.2, 0.25) is 0 Å². The fraction of sp³-hybridized carbons (Fsp3) is 0.875. The number of rotatable bonds is 4. The zero-order valence-electron chi connectivity index (χ0n) is 13.4. The van der Waals surface area contributed by atoms with Gasteiger partial charge in [0.15, 0.2) is 0 Å². The second-order valence-corrected chi connectivity index (χ2v) is 7.07. The van der Waals surface area contributed by atoms with E-state index >= 15 is 0 Å². The Labute approximate surface area is 126 Å². The third kappa shape index (κ3) is 2.73. The number of nitrogens with zero attached hydrogens (tertiary/aromatic N) is 2. The first-order valence-electron chi connectivity index (χ1n) is 8.29. The van der Waals surface area contributed by atoms with Gasteiger partial charge in [-0.25, -0.2) is 0 Å². The van der Waals surface area contributed by atoms with Crippen LogP contribution in [0, 0.1) is 5.41 Å². The van der Waals surface area contributed by atoms with Crippen LogP contribution in [-0.4, -0.2) is 23.3 Å². The first kappa shape index (κ1) is 15.0. The van der Waals surface area contributed by atoms with Crippen molar-refractivity contribution in [2.45, 2.75) is 70.9 Å². The molecule has 2 heterocycles. The standard InChI is InChI=1S/C16H27N3O2/c1-4-20-16(9-5-6-10-16)14-18-13(21-19-14)12-15(2,3)8-7-11-17-12/h12,17H,4-11H2,1-3H3. The maximum atomic E-state index is 6.02. The van der Waals surface area contributed by atoms with Gasteiger partial charge in [-0.2, -0.15) is 4.98 Å². The Morgan fingerprint density at radius 3 is 2.67 bits per heavy atom. The predicted molar refractivity (Wildman–Crippen MR) is 79.8 cm³/mol. The van der Waals surface area contributed by atoms with Crippen molar-refractivity contribution in [1.29, 1.82) is 0 Å². The molecule has 118 valence electrons. The van der Waals surface area contributed by atoms with Crippen molar-refractivity contribution in [2.75, 3.05) is 13.2 Å². The van der Waals surface area contributed by atoms with Gasteiger partial charge in [0, 0.05) is 6.61 Å². The molecule has 0 spiro atoms. The Kier molecular flexibility index (Phi) is 4.06. The van der Waals surface area contributed by atoms with Crippen LogP contribution < -0.4 is 5.32 Å². The van der Waals surface area contributed by atoms with Gasteiger partial charge in [0.05, 0.1) is 6.04 Å². The lowest BCUT2D eigenvalue weighted by Crippen LogP contribution is -2.40. The predicted octanol–water partition coefficient (Wildman–Crippen LogP) is 3.33. The normalized spacial score (nSPS) is 27.9. The Morgan fingerprint density at radius 2 is 2.00 bits per heavy atom. The average Bonchev–Trinajstić information content (AvgIpc) is 3.08. The molecule has 1 unspecified atom stereocenters. The lowest BCUT2D eigenvalue weighted by atomic mass is 9.77. The van der Waals surface area contributed by atoms with Crippen LogP contribution in [0.3, 0.4) is 0 Å². The number of hydrogen-bond acceptors (Lipinski definition) is 5. The lowest BCUT2D eigenvalue weighted by molar-refractivity contribution is -0.0469. The summed E-state index contributed by atoms with van der Waals surface area (Å²) in [7, 11) is 0. The molecule has 1 saturated carbocycles. The lowest BCUT2D eigenvalue weighted by Gasteiger charge is -2.37. The zero-order valence-corrected chi connectivity index (χ0v) is 13.4. The van der Waals surface area contributed by atoms with Crippen molar-refractivity contribution in [3.8, 4) is 0 Å². The highest BCUT2D eigenvalue weighted by Gasteiger charge is 2.43. The topological polar surface area (TPSA) is 60.2 Å². The molecule has 1 atom stereocenters. The third-order valence-corrected chi connectivity index (χ3v) is 5.06. The molecule has 5 nitrogen and oxygen atoms in total. The number of ether oxygens (including phenoxy) is 1. The van der Waals surface area contributed by atoms with Gasteiger partial charge in [0.1, 0.15) is 5.60 Å². The Morgan fingerprint density at radius 1 is 1.24 bits per heavy atom. The van der Waals surface area contributed by atoms with Crippen molar-refractivity contribution in [2.24, 2.45) is 5.41 Å². The molecule has 1 N–H and O–H groups in total. The molecule has 1 aromatic rings. The SMILES string of the molecule is CCOC1(c2noc(C3NCCCC3(C)C)n2)CCCC1. The van der Waals surface area contributed by atoms with Crippen molar-refractivity contribution in [3.63, 3.8) is 0 Å². The van der Waals surface area contributed by atoms with Crippen LogP contribution in [0.15, 0.2) is 4.52 Å². The first-order valence-corrected chi connectivity index (χ1v) is 8.29. The van der Waals surface area contributed by atoms with Gasteiger partial charge in [-0.1, -0.05) is 19.0 Å². The Bertz CT molecular complexity index is 478. The van der Waals surface area contributed by atoms with Gasteiger partial charge in [0.25, 0.3) is 0 Å². The van der Waals surface area contributed by atoms with Crippen LogP contribution in [0.5, 0.6) is 0 Å². The summed E-state index contributed by atoms with van der Waals surface area (Å²) >= 11 is 0. The summed E-state index contributed by atoms with van der Waals surface area (Å²) < 4.78 is 11.6. The van der Waals surface area contributed by atoms with E-state index in [-0.39, 0.29) is 17.1 Å². The molecule has 1 aromatic heterocycles. The van der Waals surface area contributed by atoms with E-state index in [1.165, 1.54) is 25.7 Å². The molecule has 1 aliphatic heterocycles. The maximum Gasteiger partial charge on any atom is 0.244 e. The largest absolute Gasteiger partial charge is 0.367 e. The molecule has 0 radical (unpaired) electrons. The molecule has 1 saturated heterocycles. The van der Waals surface area contributed by atoms with E-state index in [4.69, 9.17) is 14.2 Å². The zero-order chi connectivity index (χ0) is 14.9. The number of nitrogens with one attached hydrogen (secondary N) is 1. The minimum absolute atomic E-state index is 0.146. The third-order valence-electron chi connectivity index (χ3n) is 5.06. The van der Waals surface area contributed by atoms with E-state index in [9.17, 15) is 0 Å². The second kappa shape index (κ2) is 5.69. The highest BCUT2D eigenvalue weighted by molar-refractivity contribution is 5.08. The van der Waals surface area contributed by atoms with Crippen molar-refractivity contribution in [1.82, 2.24) is 15.5 Å². The van der Waals surface area contributed by atoms with Crippen molar-refractivity contribution < 1.29 is 9.26 Å². The number of aromatic nitrogens is 2. The summed E-state index contributed by atoms with van der Waals surface area (Å²) in [4.78, 5) is 4.74. The molecule has 2 fully saturated rings. The summed E-state index contributed by atoms with van der Waals surface area (Å²) in [6.45, 7) is 8.27. The minimum Gasteiger partial charge on any atom is -0.367 e. The summed E-state index contributed by atoms with van der Waals surface area (Å²) in [6.07, 6.45) is 6.74. The molecular weight excluding hydrogens is 266 g/mol. The van der Waals surface area contributed by atoms with Gasteiger partial charge in [-0.15, -0.1) is 0 Å². The smallest absolute Gasteiger partial charge is 0.244 e. The van der Waals surface area contributed by atoms with Crippen LogP contribution in [0.1, 0.15) is 77.1 Å². The summed E-state index contributed by atoms with van der Waals surface area (Å²) in [5.41, 5.74) is -0.161. The van der Waals surface area contributed by atoms with E-state index in [1.807, 2.05) is 6.92 Å². The molecule has 3 rings (SSSR count). The van der Waals surface area contributed by atoms with E-state index < -0.39 is 0 Å². The minimum atomic E-state index is -0.310. The fourth-order valence-electron chi connectivity index (χ4n) is 3.83. The molecule has 5 heteroatoms. The summed E-state index contributed by atoms with van der Waals surface area (Å²) in [5.74, 6) is 1.47. The van der Waals surface area contributed by atoms with E-state index in [0.29, 0.717) is 6.61 Å². The van der Waals surface area contributed by atoms with Crippen LogP contribution >= 0.6 is 0 Å². The quantitative estimate of drug-likeness (QED) is 0.922. The van der Waals surface area contributed by atoms with Gasteiger partial charge in [-0.05, 0) is 57.4 Å². The molecule has 0 bridgehead atoms.